The summed E-state index contributed by atoms with van der Waals surface area (Å²) in [4.78, 5) is 18.7. The van der Waals surface area contributed by atoms with Crippen LogP contribution >= 0.6 is 11.3 Å². The van der Waals surface area contributed by atoms with Crippen LogP contribution in [0.15, 0.2) is 23.6 Å². The highest BCUT2D eigenvalue weighted by molar-refractivity contribution is 7.10. The standard InChI is InChI=1S/C14H15N3O2S/c1-8-9-5-7-20-12(9)4-6-17(8)13-10(15)2-3-11(16-13)14(18)19/h2-3,5,7-8H,4,6,15H2,1H3,(H,18,19). The molecule has 1 unspecified atom stereocenters. The van der Waals surface area contributed by atoms with Gasteiger partial charge >= 0.3 is 5.97 Å². The molecule has 0 saturated carbocycles. The summed E-state index contributed by atoms with van der Waals surface area (Å²) in [6.45, 7) is 2.90. The molecule has 0 amide bonds. The van der Waals surface area contributed by atoms with Crippen molar-refractivity contribution in [3.05, 3.63) is 39.7 Å². The van der Waals surface area contributed by atoms with Crippen LogP contribution in [0.5, 0.6) is 0 Å². The molecule has 0 aromatic carbocycles. The van der Waals surface area contributed by atoms with E-state index in [0.29, 0.717) is 11.5 Å². The van der Waals surface area contributed by atoms with E-state index < -0.39 is 5.97 Å². The first-order valence-electron chi connectivity index (χ1n) is 6.40. The predicted molar refractivity (Wildman–Crippen MR) is 79.4 cm³/mol. The van der Waals surface area contributed by atoms with Gasteiger partial charge in [0.05, 0.1) is 11.7 Å². The normalized spacial score (nSPS) is 17.9. The van der Waals surface area contributed by atoms with Crippen LogP contribution in [0.4, 0.5) is 11.5 Å². The van der Waals surface area contributed by atoms with Crippen molar-refractivity contribution in [2.75, 3.05) is 17.2 Å². The number of nitrogen functional groups attached to an aromatic ring is 1. The first-order chi connectivity index (χ1) is 9.58. The van der Waals surface area contributed by atoms with E-state index in [2.05, 4.69) is 28.3 Å². The second-order valence-corrected chi connectivity index (χ2v) is 5.83. The molecule has 2 aromatic heterocycles. The molecule has 0 fully saturated rings. The number of anilines is 2. The number of nitrogens with zero attached hydrogens (tertiary/aromatic N) is 2. The average Bonchev–Trinajstić information content (AvgIpc) is 2.89. The van der Waals surface area contributed by atoms with Crippen LogP contribution in [0.3, 0.4) is 0 Å². The Hall–Kier alpha value is -2.08. The van der Waals surface area contributed by atoms with Gasteiger partial charge < -0.3 is 15.7 Å². The fraction of sp³-hybridized carbons (Fsp3) is 0.286. The topological polar surface area (TPSA) is 79.5 Å². The Morgan fingerprint density at radius 1 is 1.50 bits per heavy atom. The molecule has 104 valence electrons. The number of thiophene rings is 1. The Morgan fingerprint density at radius 3 is 3.05 bits per heavy atom. The second kappa shape index (κ2) is 4.79. The van der Waals surface area contributed by atoms with Crippen molar-refractivity contribution in [1.82, 2.24) is 4.98 Å². The van der Waals surface area contributed by atoms with Gasteiger partial charge in [0.15, 0.2) is 11.5 Å². The third-order valence-electron chi connectivity index (χ3n) is 3.67. The molecule has 0 radical (unpaired) electrons. The second-order valence-electron chi connectivity index (χ2n) is 4.83. The van der Waals surface area contributed by atoms with Gasteiger partial charge in [-0.05, 0) is 42.5 Å². The van der Waals surface area contributed by atoms with Crippen LogP contribution in [0.1, 0.15) is 33.9 Å². The summed E-state index contributed by atoms with van der Waals surface area (Å²) in [5.74, 6) is -0.471. The summed E-state index contributed by atoms with van der Waals surface area (Å²) in [5, 5.41) is 11.2. The lowest BCUT2D eigenvalue weighted by molar-refractivity contribution is 0.0690. The molecular formula is C14H15N3O2S. The maximum absolute atomic E-state index is 11.1. The van der Waals surface area contributed by atoms with Crippen LogP contribution in [-0.4, -0.2) is 22.6 Å². The zero-order valence-corrected chi connectivity index (χ0v) is 11.9. The van der Waals surface area contributed by atoms with E-state index in [-0.39, 0.29) is 11.7 Å². The quantitative estimate of drug-likeness (QED) is 0.888. The largest absolute Gasteiger partial charge is 0.477 e. The molecule has 6 heteroatoms. The van der Waals surface area contributed by atoms with E-state index in [1.54, 1.807) is 17.4 Å². The summed E-state index contributed by atoms with van der Waals surface area (Å²) in [5.41, 5.74) is 7.80. The molecule has 1 atom stereocenters. The molecule has 0 saturated heterocycles. The maximum Gasteiger partial charge on any atom is 0.354 e. The third-order valence-corrected chi connectivity index (χ3v) is 4.67. The number of nitrogens with two attached hydrogens (primary N) is 1. The molecule has 0 spiro atoms. The molecule has 20 heavy (non-hydrogen) atoms. The zero-order chi connectivity index (χ0) is 14.3. The molecule has 5 nitrogen and oxygen atoms in total. The van der Waals surface area contributed by atoms with Crippen molar-refractivity contribution < 1.29 is 9.90 Å². The Bertz CT molecular complexity index is 668. The van der Waals surface area contributed by atoms with Crippen LogP contribution in [0.2, 0.25) is 0 Å². The predicted octanol–water partition coefficient (Wildman–Crippen LogP) is 2.55. The fourth-order valence-corrected chi connectivity index (χ4v) is 3.57. The minimum atomic E-state index is -1.04. The highest BCUT2D eigenvalue weighted by Crippen LogP contribution is 2.37. The lowest BCUT2D eigenvalue weighted by Gasteiger charge is -2.35. The van der Waals surface area contributed by atoms with Gasteiger partial charge in [-0.25, -0.2) is 9.78 Å². The number of hydrogen-bond acceptors (Lipinski definition) is 5. The highest BCUT2D eigenvalue weighted by atomic mass is 32.1. The minimum absolute atomic E-state index is 0.0255. The summed E-state index contributed by atoms with van der Waals surface area (Å²) in [7, 11) is 0. The Balaban J connectivity index is 2.02. The number of carbonyl (C=O) groups is 1. The first kappa shape index (κ1) is 12.9. The van der Waals surface area contributed by atoms with Gasteiger partial charge in [0, 0.05) is 11.4 Å². The zero-order valence-electron chi connectivity index (χ0n) is 11.0. The van der Waals surface area contributed by atoms with Gasteiger partial charge in [-0.3, -0.25) is 0 Å². The van der Waals surface area contributed by atoms with Crippen molar-refractivity contribution in [2.24, 2.45) is 0 Å². The minimum Gasteiger partial charge on any atom is -0.477 e. The Labute approximate surface area is 120 Å². The van der Waals surface area contributed by atoms with Gasteiger partial charge in [0.2, 0.25) is 0 Å². The van der Waals surface area contributed by atoms with Crippen molar-refractivity contribution in [2.45, 2.75) is 19.4 Å². The van der Waals surface area contributed by atoms with Gasteiger partial charge in [0.25, 0.3) is 0 Å². The molecule has 1 aliphatic heterocycles. The molecule has 2 aromatic rings. The average molecular weight is 289 g/mol. The van der Waals surface area contributed by atoms with E-state index in [0.717, 1.165) is 13.0 Å². The number of carboxylic acids is 1. The number of pyridine rings is 1. The summed E-state index contributed by atoms with van der Waals surface area (Å²) >= 11 is 1.77. The number of aromatic carboxylic acids is 1. The molecule has 3 rings (SSSR count). The van der Waals surface area contributed by atoms with E-state index in [9.17, 15) is 4.79 Å². The van der Waals surface area contributed by atoms with Crippen LogP contribution in [0.25, 0.3) is 0 Å². The number of aromatic nitrogens is 1. The van der Waals surface area contributed by atoms with Gasteiger partial charge in [-0.2, -0.15) is 0 Å². The maximum atomic E-state index is 11.1. The SMILES string of the molecule is CC1c2ccsc2CCN1c1nc(C(=O)O)ccc1N. The van der Waals surface area contributed by atoms with E-state index in [1.165, 1.54) is 16.5 Å². The van der Waals surface area contributed by atoms with Crippen molar-refractivity contribution in [1.29, 1.82) is 0 Å². The molecule has 1 aliphatic rings. The Morgan fingerprint density at radius 2 is 2.30 bits per heavy atom. The van der Waals surface area contributed by atoms with E-state index >= 15 is 0 Å². The highest BCUT2D eigenvalue weighted by Gasteiger charge is 2.27. The van der Waals surface area contributed by atoms with E-state index in [4.69, 9.17) is 10.8 Å². The fourth-order valence-electron chi connectivity index (χ4n) is 2.61. The van der Waals surface area contributed by atoms with Gasteiger partial charge in [-0.1, -0.05) is 0 Å². The van der Waals surface area contributed by atoms with Crippen molar-refractivity contribution in [3.8, 4) is 0 Å². The first-order valence-corrected chi connectivity index (χ1v) is 7.28. The molecular weight excluding hydrogens is 274 g/mol. The number of carboxylic acid groups (broad SMARTS) is 1. The summed E-state index contributed by atoms with van der Waals surface area (Å²) < 4.78 is 0. The van der Waals surface area contributed by atoms with E-state index in [1.807, 2.05) is 0 Å². The molecule has 0 bridgehead atoms. The number of rotatable bonds is 2. The summed E-state index contributed by atoms with van der Waals surface area (Å²) in [6, 6.07) is 5.32. The monoisotopic (exact) mass is 289 g/mol. The number of fused-ring (bicyclic) bond motifs is 1. The van der Waals surface area contributed by atoms with Crippen LogP contribution in [-0.2, 0) is 6.42 Å². The Kier molecular flexibility index (Phi) is 3.10. The van der Waals surface area contributed by atoms with Gasteiger partial charge in [-0.15, -0.1) is 11.3 Å². The molecule has 0 aliphatic carbocycles. The smallest absolute Gasteiger partial charge is 0.354 e. The van der Waals surface area contributed by atoms with Crippen molar-refractivity contribution in [3.63, 3.8) is 0 Å². The number of hydrogen-bond donors (Lipinski definition) is 2. The molecule has 3 heterocycles. The molecule has 3 N–H and O–H groups in total. The van der Waals surface area contributed by atoms with Crippen molar-refractivity contribution >= 4 is 28.8 Å². The lowest BCUT2D eigenvalue weighted by atomic mass is 10.0. The summed E-state index contributed by atoms with van der Waals surface area (Å²) in [6.07, 6.45) is 0.940. The third kappa shape index (κ3) is 2.02. The lowest BCUT2D eigenvalue weighted by Crippen LogP contribution is -2.34. The van der Waals surface area contributed by atoms with Crippen LogP contribution < -0.4 is 10.6 Å². The van der Waals surface area contributed by atoms with Gasteiger partial charge in [0.1, 0.15) is 0 Å². The van der Waals surface area contributed by atoms with Crippen LogP contribution in [0, 0.1) is 0 Å².